The van der Waals surface area contributed by atoms with Crippen LogP contribution < -0.4 is 5.32 Å². The van der Waals surface area contributed by atoms with Crippen molar-refractivity contribution < 1.29 is 0 Å². The van der Waals surface area contributed by atoms with Gasteiger partial charge in [0.2, 0.25) is 0 Å². The van der Waals surface area contributed by atoms with Crippen LogP contribution in [0.4, 0.5) is 0 Å². The third-order valence-electron chi connectivity index (χ3n) is 1.96. The minimum Gasteiger partial charge on any atom is -0.347 e. The zero-order valence-corrected chi connectivity index (χ0v) is 7.81. The molecule has 0 fully saturated rings. The van der Waals surface area contributed by atoms with E-state index in [9.17, 15) is 0 Å². The van der Waals surface area contributed by atoms with Gasteiger partial charge in [-0.15, -0.1) is 0 Å². The minimum atomic E-state index is -0.0290. The standard InChI is InChI=1S/C9H11N5/c1-10-8(9-13-4-5-14-9)7-6-11-2-3-12-7/h2-6,8,10H,1H3,(H,13,14). The summed E-state index contributed by atoms with van der Waals surface area (Å²) in [4.78, 5) is 15.5. The Morgan fingerprint density at radius 2 is 2.21 bits per heavy atom. The average molecular weight is 189 g/mol. The Bertz CT molecular complexity index is 369. The van der Waals surface area contributed by atoms with Crippen molar-refractivity contribution >= 4 is 0 Å². The van der Waals surface area contributed by atoms with Gasteiger partial charge >= 0.3 is 0 Å². The first-order valence-corrected chi connectivity index (χ1v) is 4.34. The molecule has 0 aliphatic carbocycles. The lowest BCUT2D eigenvalue weighted by molar-refractivity contribution is 0.633. The number of hydrogen-bond donors (Lipinski definition) is 2. The van der Waals surface area contributed by atoms with Gasteiger partial charge in [0.25, 0.3) is 0 Å². The third-order valence-corrected chi connectivity index (χ3v) is 1.96. The van der Waals surface area contributed by atoms with Gasteiger partial charge in [-0.25, -0.2) is 4.98 Å². The van der Waals surface area contributed by atoms with E-state index in [4.69, 9.17) is 0 Å². The average Bonchev–Trinajstić information content (AvgIpc) is 2.74. The normalized spacial score (nSPS) is 12.6. The number of hydrogen-bond acceptors (Lipinski definition) is 4. The summed E-state index contributed by atoms with van der Waals surface area (Å²) in [5, 5.41) is 3.12. The summed E-state index contributed by atoms with van der Waals surface area (Å²) in [7, 11) is 1.86. The van der Waals surface area contributed by atoms with Gasteiger partial charge in [0, 0.05) is 24.8 Å². The Morgan fingerprint density at radius 3 is 2.79 bits per heavy atom. The first-order valence-electron chi connectivity index (χ1n) is 4.34. The molecule has 0 aromatic carbocycles. The largest absolute Gasteiger partial charge is 0.347 e. The molecule has 1 unspecified atom stereocenters. The molecule has 0 amide bonds. The van der Waals surface area contributed by atoms with Crippen LogP contribution in [-0.2, 0) is 0 Å². The van der Waals surface area contributed by atoms with Gasteiger partial charge in [0.1, 0.15) is 11.9 Å². The Morgan fingerprint density at radius 1 is 1.29 bits per heavy atom. The molecular formula is C9H11N5. The van der Waals surface area contributed by atoms with Gasteiger partial charge in [-0.05, 0) is 7.05 Å². The highest BCUT2D eigenvalue weighted by Crippen LogP contribution is 2.13. The van der Waals surface area contributed by atoms with Crippen molar-refractivity contribution in [1.82, 2.24) is 25.3 Å². The fourth-order valence-corrected chi connectivity index (χ4v) is 1.32. The number of aromatic nitrogens is 4. The maximum Gasteiger partial charge on any atom is 0.129 e. The third kappa shape index (κ3) is 1.62. The fourth-order valence-electron chi connectivity index (χ4n) is 1.32. The van der Waals surface area contributed by atoms with Crippen molar-refractivity contribution in [3.8, 4) is 0 Å². The summed E-state index contributed by atoms with van der Waals surface area (Å²) in [5.41, 5.74) is 0.852. The van der Waals surface area contributed by atoms with E-state index in [1.165, 1.54) is 0 Å². The van der Waals surface area contributed by atoms with E-state index in [1.54, 1.807) is 31.0 Å². The summed E-state index contributed by atoms with van der Waals surface area (Å²) in [6, 6.07) is -0.0290. The molecule has 2 aromatic rings. The second-order valence-corrected chi connectivity index (χ2v) is 2.83. The van der Waals surface area contributed by atoms with Crippen molar-refractivity contribution in [2.75, 3.05) is 7.05 Å². The maximum atomic E-state index is 4.22. The van der Waals surface area contributed by atoms with E-state index >= 15 is 0 Å². The number of nitrogens with zero attached hydrogens (tertiary/aromatic N) is 3. The molecule has 2 rings (SSSR count). The molecule has 0 saturated carbocycles. The van der Waals surface area contributed by atoms with Gasteiger partial charge < -0.3 is 10.3 Å². The van der Waals surface area contributed by atoms with Crippen LogP contribution in [0.25, 0.3) is 0 Å². The fraction of sp³-hybridized carbons (Fsp3) is 0.222. The molecule has 1 atom stereocenters. The number of imidazole rings is 1. The van der Waals surface area contributed by atoms with E-state index < -0.39 is 0 Å². The molecule has 2 aromatic heterocycles. The van der Waals surface area contributed by atoms with Crippen molar-refractivity contribution in [2.24, 2.45) is 0 Å². The Hall–Kier alpha value is -1.75. The SMILES string of the molecule is CNC(c1cnccn1)c1ncc[nH]1. The molecule has 14 heavy (non-hydrogen) atoms. The van der Waals surface area contributed by atoms with E-state index in [0.717, 1.165) is 11.5 Å². The second-order valence-electron chi connectivity index (χ2n) is 2.83. The minimum absolute atomic E-state index is 0.0290. The van der Waals surface area contributed by atoms with Crippen molar-refractivity contribution in [3.05, 3.63) is 42.5 Å². The van der Waals surface area contributed by atoms with Gasteiger partial charge in [0.15, 0.2) is 0 Å². The summed E-state index contributed by atoms with van der Waals surface area (Å²) in [6.45, 7) is 0. The number of aromatic amines is 1. The van der Waals surface area contributed by atoms with Crippen LogP contribution in [0.5, 0.6) is 0 Å². The van der Waals surface area contributed by atoms with Crippen LogP contribution in [0.2, 0.25) is 0 Å². The topological polar surface area (TPSA) is 66.5 Å². The molecule has 2 heterocycles. The van der Waals surface area contributed by atoms with Gasteiger partial charge in [0.05, 0.1) is 11.9 Å². The second kappa shape index (κ2) is 3.97. The van der Waals surface area contributed by atoms with Crippen LogP contribution in [0.1, 0.15) is 17.6 Å². The van der Waals surface area contributed by atoms with Gasteiger partial charge in [-0.3, -0.25) is 9.97 Å². The predicted octanol–water partition coefficient (Wildman–Crippen LogP) is 0.508. The molecule has 5 nitrogen and oxygen atoms in total. The Kier molecular flexibility index (Phi) is 2.51. The molecule has 0 saturated heterocycles. The van der Waals surface area contributed by atoms with E-state index in [2.05, 4.69) is 25.3 Å². The van der Waals surface area contributed by atoms with Gasteiger partial charge in [-0.2, -0.15) is 0 Å². The molecule has 0 aliphatic heterocycles. The van der Waals surface area contributed by atoms with Gasteiger partial charge in [-0.1, -0.05) is 0 Å². The van der Waals surface area contributed by atoms with Crippen LogP contribution in [0.3, 0.4) is 0 Å². The lowest BCUT2D eigenvalue weighted by Gasteiger charge is -2.11. The molecule has 2 N–H and O–H groups in total. The van der Waals surface area contributed by atoms with Crippen LogP contribution in [0.15, 0.2) is 31.0 Å². The zero-order valence-electron chi connectivity index (χ0n) is 7.81. The Labute approximate surface area is 81.6 Å². The van der Waals surface area contributed by atoms with E-state index in [1.807, 2.05) is 7.05 Å². The van der Waals surface area contributed by atoms with E-state index in [0.29, 0.717) is 0 Å². The predicted molar refractivity (Wildman–Crippen MR) is 51.5 cm³/mol. The van der Waals surface area contributed by atoms with Crippen LogP contribution >= 0.6 is 0 Å². The zero-order chi connectivity index (χ0) is 9.80. The van der Waals surface area contributed by atoms with Crippen molar-refractivity contribution in [3.63, 3.8) is 0 Å². The lowest BCUT2D eigenvalue weighted by Crippen LogP contribution is -2.20. The molecule has 5 heteroatoms. The lowest BCUT2D eigenvalue weighted by atomic mass is 10.2. The molecule has 0 bridgehead atoms. The smallest absolute Gasteiger partial charge is 0.129 e. The summed E-state index contributed by atoms with van der Waals surface area (Å²) < 4.78 is 0. The quantitative estimate of drug-likeness (QED) is 0.738. The highest BCUT2D eigenvalue weighted by Gasteiger charge is 2.14. The number of H-pyrrole nitrogens is 1. The summed E-state index contributed by atoms with van der Waals surface area (Å²) >= 11 is 0. The first kappa shape index (κ1) is 8.83. The van der Waals surface area contributed by atoms with Crippen molar-refractivity contribution in [2.45, 2.75) is 6.04 Å². The highest BCUT2D eigenvalue weighted by molar-refractivity contribution is 5.13. The highest BCUT2D eigenvalue weighted by atomic mass is 15.0. The molecular weight excluding hydrogens is 178 g/mol. The van der Waals surface area contributed by atoms with Crippen LogP contribution in [-0.4, -0.2) is 27.0 Å². The summed E-state index contributed by atoms with van der Waals surface area (Å²) in [5.74, 6) is 0.841. The van der Waals surface area contributed by atoms with Crippen molar-refractivity contribution in [1.29, 1.82) is 0 Å². The molecule has 0 spiro atoms. The summed E-state index contributed by atoms with van der Waals surface area (Å²) in [6.07, 6.45) is 8.55. The van der Waals surface area contributed by atoms with E-state index in [-0.39, 0.29) is 6.04 Å². The number of rotatable bonds is 3. The Balaban J connectivity index is 2.31. The molecule has 0 radical (unpaired) electrons. The molecule has 72 valence electrons. The maximum absolute atomic E-state index is 4.22. The monoisotopic (exact) mass is 189 g/mol. The number of nitrogens with one attached hydrogen (secondary N) is 2. The molecule has 0 aliphatic rings. The van der Waals surface area contributed by atoms with Crippen LogP contribution in [0, 0.1) is 0 Å². The first-order chi connectivity index (χ1) is 6.92.